The molecule has 2 rings (SSSR count). The maximum Gasteiger partial charge on any atom is 0.395 e. The summed E-state index contributed by atoms with van der Waals surface area (Å²) in [6.45, 7) is 0. The van der Waals surface area contributed by atoms with Crippen LogP contribution in [0.15, 0.2) is 30.5 Å². The van der Waals surface area contributed by atoms with Gasteiger partial charge in [0.15, 0.2) is 0 Å². The zero-order valence-electron chi connectivity index (χ0n) is 7.58. The Hall–Kier alpha value is -2.30. The Morgan fingerprint density at radius 1 is 1.40 bits per heavy atom. The van der Waals surface area contributed by atoms with Gasteiger partial charge in [-0.15, -0.1) is 0 Å². The van der Waals surface area contributed by atoms with Gasteiger partial charge in [0.05, 0.1) is 11.7 Å². The first-order valence-corrected chi connectivity index (χ1v) is 4.19. The van der Waals surface area contributed by atoms with E-state index in [4.69, 9.17) is 0 Å². The highest BCUT2D eigenvalue weighted by molar-refractivity contribution is 6.20. The average molecular weight is 205 g/mol. The minimum atomic E-state index is -1.02. The Morgan fingerprint density at radius 3 is 2.87 bits per heavy atom. The van der Waals surface area contributed by atoms with Gasteiger partial charge in [0, 0.05) is 5.39 Å². The van der Waals surface area contributed by atoms with E-state index in [2.05, 4.69) is 4.84 Å². The molecular weight excluding hydrogens is 198 g/mol. The molecule has 76 valence electrons. The summed E-state index contributed by atoms with van der Waals surface area (Å²) in [7, 11) is 0. The van der Waals surface area contributed by atoms with Gasteiger partial charge >= 0.3 is 5.97 Å². The van der Waals surface area contributed by atoms with Crippen molar-refractivity contribution in [2.24, 2.45) is 0 Å². The number of para-hydroxylation sites is 1. The number of carbonyl (C=O) groups excluding carboxylic acids is 2. The zero-order chi connectivity index (χ0) is 10.8. The minimum Gasteiger partial charge on any atom is -0.506 e. The van der Waals surface area contributed by atoms with Gasteiger partial charge < -0.3 is 9.94 Å². The van der Waals surface area contributed by atoms with E-state index in [0.717, 1.165) is 4.73 Å². The second-order valence-electron chi connectivity index (χ2n) is 2.89. The third-order valence-corrected chi connectivity index (χ3v) is 1.94. The van der Waals surface area contributed by atoms with Crippen molar-refractivity contribution < 1.29 is 19.5 Å². The molecule has 0 amide bonds. The molecule has 0 aliphatic rings. The molecule has 1 heterocycles. The predicted octanol–water partition coefficient (Wildman–Crippen LogP) is 0.501. The first kappa shape index (κ1) is 9.26. The largest absolute Gasteiger partial charge is 0.506 e. The van der Waals surface area contributed by atoms with Gasteiger partial charge in [-0.05, 0) is 12.1 Å². The molecule has 1 aromatic carbocycles. The fourth-order valence-electron chi connectivity index (χ4n) is 1.33. The Kier molecular flexibility index (Phi) is 2.13. The number of aromatic hydroxyl groups is 1. The van der Waals surface area contributed by atoms with Crippen LogP contribution < -0.4 is 4.84 Å². The summed E-state index contributed by atoms with van der Waals surface area (Å²) >= 11 is 0. The fourth-order valence-corrected chi connectivity index (χ4v) is 1.33. The minimum absolute atomic E-state index is 0.00991. The molecule has 0 aliphatic heterocycles. The maximum atomic E-state index is 10.7. The van der Waals surface area contributed by atoms with E-state index in [1.807, 2.05) is 0 Å². The van der Waals surface area contributed by atoms with Gasteiger partial charge in [0.2, 0.25) is 6.29 Å². The van der Waals surface area contributed by atoms with Crippen LogP contribution in [0, 0.1) is 0 Å². The molecule has 0 unspecified atom stereocenters. The highest BCUT2D eigenvalue weighted by atomic mass is 16.7. The number of hydrogen-bond acceptors (Lipinski definition) is 4. The molecule has 0 aliphatic carbocycles. The number of nitrogens with zero attached hydrogens (tertiary/aromatic N) is 1. The van der Waals surface area contributed by atoms with Crippen LogP contribution in [0.25, 0.3) is 10.9 Å². The van der Waals surface area contributed by atoms with Crippen molar-refractivity contribution in [1.82, 2.24) is 4.73 Å². The van der Waals surface area contributed by atoms with Crippen molar-refractivity contribution >= 4 is 23.2 Å². The highest BCUT2D eigenvalue weighted by Gasteiger charge is 2.09. The van der Waals surface area contributed by atoms with Crippen LogP contribution in [0.4, 0.5) is 0 Å². The van der Waals surface area contributed by atoms with Crippen molar-refractivity contribution in [3.05, 3.63) is 30.5 Å². The van der Waals surface area contributed by atoms with Crippen LogP contribution in [0.2, 0.25) is 0 Å². The molecule has 0 bridgehead atoms. The third kappa shape index (κ3) is 1.54. The molecule has 0 radical (unpaired) electrons. The lowest BCUT2D eigenvalue weighted by Gasteiger charge is -2.00. The summed E-state index contributed by atoms with van der Waals surface area (Å²) in [5.74, 6) is -1.03. The standard InChI is InChI=1S/C10H7NO4/c12-6-10(14)15-11-5-9(13)7-3-1-2-4-8(7)11/h1-6,13H. The summed E-state index contributed by atoms with van der Waals surface area (Å²) in [5, 5.41) is 10.0. The van der Waals surface area contributed by atoms with Crippen molar-refractivity contribution in [3.8, 4) is 5.75 Å². The van der Waals surface area contributed by atoms with Crippen molar-refractivity contribution in [1.29, 1.82) is 0 Å². The SMILES string of the molecule is O=CC(=O)On1cc(O)c2ccccc21. The molecular formula is C10H7NO4. The van der Waals surface area contributed by atoms with E-state index in [1.54, 1.807) is 24.3 Å². The summed E-state index contributed by atoms with van der Waals surface area (Å²) in [5.41, 5.74) is 0.519. The first-order valence-electron chi connectivity index (χ1n) is 4.19. The molecule has 0 saturated carbocycles. The van der Waals surface area contributed by atoms with E-state index in [0.29, 0.717) is 10.9 Å². The molecule has 0 atom stereocenters. The van der Waals surface area contributed by atoms with Crippen molar-refractivity contribution in [2.45, 2.75) is 0 Å². The third-order valence-electron chi connectivity index (χ3n) is 1.94. The second kappa shape index (κ2) is 3.45. The molecule has 0 spiro atoms. The maximum absolute atomic E-state index is 10.7. The fraction of sp³-hybridized carbons (Fsp3) is 0. The van der Waals surface area contributed by atoms with Gasteiger partial charge in [0.25, 0.3) is 0 Å². The molecule has 1 aromatic heterocycles. The zero-order valence-corrected chi connectivity index (χ0v) is 7.58. The highest BCUT2D eigenvalue weighted by Crippen LogP contribution is 2.25. The summed E-state index contributed by atoms with van der Waals surface area (Å²) in [4.78, 5) is 25.5. The van der Waals surface area contributed by atoms with Gasteiger partial charge in [-0.25, -0.2) is 4.79 Å². The average Bonchev–Trinajstić information content (AvgIpc) is 2.57. The lowest BCUT2D eigenvalue weighted by molar-refractivity contribution is -0.148. The van der Waals surface area contributed by atoms with Crippen molar-refractivity contribution in [2.75, 3.05) is 0 Å². The lowest BCUT2D eigenvalue weighted by Crippen LogP contribution is -2.19. The number of benzene rings is 1. The number of aromatic nitrogens is 1. The quantitative estimate of drug-likeness (QED) is 0.572. The van der Waals surface area contributed by atoms with E-state index in [9.17, 15) is 14.7 Å². The number of rotatable bonds is 2. The van der Waals surface area contributed by atoms with Gasteiger partial charge in [-0.1, -0.05) is 12.1 Å². The number of aldehydes is 1. The molecule has 2 aromatic rings. The van der Waals surface area contributed by atoms with Gasteiger partial charge in [-0.2, -0.15) is 4.73 Å². The normalized spacial score (nSPS) is 10.1. The predicted molar refractivity (Wildman–Crippen MR) is 51.3 cm³/mol. The monoisotopic (exact) mass is 205 g/mol. The topological polar surface area (TPSA) is 68.5 Å². The molecule has 1 N–H and O–H groups in total. The molecule has 5 heteroatoms. The summed E-state index contributed by atoms with van der Waals surface area (Å²) in [6.07, 6.45) is 1.29. The first-order chi connectivity index (χ1) is 7.22. The van der Waals surface area contributed by atoms with Crippen LogP contribution in [0.5, 0.6) is 5.75 Å². The molecule has 15 heavy (non-hydrogen) atoms. The lowest BCUT2D eigenvalue weighted by atomic mass is 10.2. The molecule has 0 saturated heterocycles. The van der Waals surface area contributed by atoms with E-state index in [-0.39, 0.29) is 12.0 Å². The van der Waals surface area contributed by atoms with Crippen LogP contribution >= 0.6 is 0 Å². The molecule has 5 nitrogen and oxygen atoms in total. The number of hydrogen-bond donors (Lipinski definition) is 1. The number of fused-ring (bicyclic) bond motifs is 1. The smallest absolute Gasteiger partial charge is 0.395 e. The Labute approximate surface area is 84.4 Å². The van der Waals surface area contributed by atoms with E-state index < -0.39 is 5.97 Å². The van der Waals surface area contributed by atoms with E-state index >= 15 is 0 Å². The van der Waals surface area contributed by atoms with Crippen LogP contribution in [-0.2, 0) is 9.59 Å². The van der Waals surface area contributed by atoms with Crippen LogP contribution in [0.3, 0.4) is 0 Å². The van der Waals surface area contributed by atoms with Gasteiger partial charge in [0.1, 0.15) is 5.75 Å². The Bertz CT molecular complexity index is 529. The number of carbonyl (C=O) groups is 2. The van der Waals surface area contributed by atoms with Crippen LogP contribution in [0.1, 0.15) is 0 Å². The van der Waals surface area contributed by atoms with E-state index in [1.165, 1.54) is 6.20 Å². The second-order valence-corrected chi connectivity index (χ2v) is 2.89. The Balaban J connectivity index is 2.52. The summed E-state index contributed by atoms with van der Waals surface area (Å²) < 4.78 is 1.06. The Morgan fingerprint density at radius 2 is 2.13 bits per heavy atom. The van der Waals surface area contributed by atoms with Crippen molar-refractivity contribution in [3.63, 3.8) is 0 Å². The van der Waals surface area contributed by atoms with Crippen LogP contribution in [-0.4, -0.2) is 22.1 Å². The molecule has 0 fully saturated rings. The summed E-state index contributed by atoms with van der Waals surface area (Å²) in [6, 6.07) is 6.81. The van der Waals surface area contributed by atoms with Gasteiger partial charge in [-0.3, -0.25) is 4.79 Å².